The Morgan fingerprint density at radius 3 is 1.08 bits per heavy atom. The number of benzene rings is 8. The lowest BCUT2D eigenvalue weighted by molar-refractivity contribution is 0.0721. The van der Waals surface area contributed by atoms with E-state index in [0.29, 0.717) is 17.2 Å². The molecule has 0 saturated carbocycles. The molecule has 0 unspecified atom stereocenters. The van der Waals surface area contributed by atoms with Crippen LogP contribution >= 0.6 is 0 Å². The third-order valence-corrected chi connectivity index (χ3v) is 11.3. The van der Waals surface area contributed by atoms with E-state index in [1.54, 1.807) is 78.9 Å². The van der Waals surface area contributed by atoms with Crippen molar-refractivity contribution in [3.8, 4) is 34.5 Å². The summed E-state index contributed by atoms with van der Waals surface area (Å²) in [5, 5.41) is 28.7. The summed E-state index contributed by atoms with van der Waals surface area (Å²) in [5.74, 6) is -0.412. The van der Waals surface area contributed by atoms with E-state index in [1.807, 2.05) is 103 Å². The quantitative estimate of drug-likeness (QED) is 0.0391. The molecule has 74 heavy (non-hydrogen) atoms. The lowest BCUT2D eigenvalue weighted by Crippen LogP contribution is -2.11. The molecule has 8 rings (SSSR count). The monoisotopic (exact) mass is 992 g/mol. The lowest BCUT2D eigenvalue weighted by Gasteiger charge is -2.19. The van der Waals surface area contributed by atoms with Gasteiger partial charge in [0, 0.05) is 11.1 Å². The highest BCUT2D eigenvalue weighted by atomic mass is 16.5. The van der Waals surface area contributed by atoms with Crippen molar-refractivity contribution in [3.05, 3.63) is 251 Å². The van der Waals surface area contributed by atoms with Gasteiger partial charge in [-0.05, 0) is 102 Å². The van der Waals surface area contributed by atoms with E-state index in [2.05, 4.69) is 27.7 Å². The molecule has 0 radical (unpaired) electrons. The SMILES string of the molecule is CC(C)(C)c1ccc(OC(=O)c2ccccc2O)cc1.CCCCCCCCc1ccc(OC(=O)c2ccccc2O)cc1.O=C(Oc1ccccc1)c1ccccc1O.O=C(c1ccccc1)c1ccccc1. The second-order valence-electron chi connectivity index (χ2n) is 18.0. The maximum Gasteiger partial charge on any atom is 0.347 e. The van der Waals surface area contributed by atoms with Gasteiger partial charge in [-0.15, -0.1) is 0 Å². The summed E-state index contributed by atoms with van der Waals surface area (Å²) >= 11 is 0. The average molecular weight is 993 g/mol. The minimum absolute atomic E-state index is 0.0558. The lowest BCUT2D eigenvalue weighted by atomic mass is 9.87. The van der Waals surface area contributed by atoms with E-state index in [4.69, 9.17) is 14.2 Å². The van der Waals surface area contributed by atoms with Crippen molar-refractivity contribution in [1.82, 2.24) is 0 Å². The number of rotatable bonds is 15. The summed E-state index contributed by atoms with van der Waals surface area (Å²) in [5.41, 5.74) is 4.44. The fourth-order valence-corrected chi connectivity index (χ4v) is 7.12. The predicted octanol–water partition coefficient (Wildman–Crippen LogP) is 15.0. The number of para-hydroxylation sites is 4. The van der Waals surface area contributed by atoms with Gasteiger partial charge < -0.3 is 29.5 Å². The molecule has 3 N–H and O–H groups in total. The van der Waals surface area contributed by atoms with Gasteiger partial charge in [0.1, 0.15) is 51.2 Å². The zero-order chi connectivity index (χ0) is 53.1. The van der Waals surface area contributed by atoms with E-state index in [9.17, 15) is 34.5 Å². The fraction of sp³-hybridized carbons (Fsp3) is 0.188. The zero-order valence-electron chi connectivity index (χ0n) is 42.4. The average Bonchev–Trinajstić information content (AvgIpc) is 3.41. The molecule has 8 aromatic rings. The van der Waals surface area contributed by atoms with Gasteiger partial charge in [-0.2, -0.15) is 0 Å². The molecule has 0 fully saturated rings. The molecule has 0 spiro atoms. The standard InChI is InChI=1S/C21H26O3.C17H18O3.C13H10O3.C13H10O/c1-2-3-4-5-6-7-10-17-13-15-18(16-14-17)24-21(23)19-11-8-9-12-20(19)22;1-17(2,3)12-8-10-13(11-9-12)20-16(19)14-6-4-5-7-15(14)18;14-12-9-5-4-8-11(12)13(15)16-10-6-2-1-3-7-10;14-13(11-7-3-1-4-8-11)12-9-5-2-6-10-12/h8-9,11-16,22H,2-7,10H2,1H3;4-11,18H,1-3H3;1-9,14H;1-10H. The molecule has 10 heteroatoms. The number of ether oxygens (including phenoxy) is 3. The summed E-state index contributed by atoms with van der Waals surface area (Å²) in [6, 6.07) is 61.3. The molecule has 0 heterocycles. The van der Waals surface area contributed by atoms with Crippen LogP contribution in [0.1, 0.15) is 124 Å². The van der Waals surface area contributed by atoms with E-state index < -0.39 is 17.9 Å². The van der Waals surface area contributed by atoms with Crippen LogP contribution in [-0.2, 0) is 11.8 Å². The van der Waals surface area contributed by atoms with Crippen LogP contribution in [-0.4, -0.2) is 39.0 Å². The van der Waals surface area contributed by atoms with Crippen LogP contribution in [0.3, 0.4) is 0 Å². The Balaban J connectivity index is 0.000000186. The molecule has 0 saturated heterocycles. The zero-order valence-corrected chi connectivity index (χ0v) is 42.4. The minimum atomic E-state index is -0.565. The molecule has 0 bridgehead atoms. The minimum Gasteiger partial charge on any atom is -0.507 e. The molecular weight excluding hydrogens is 929 g/mol. The molecule has 0 atom stereocenters. The number of hydrogen-bond donors (Lipinski definition) is 3. The first-order valence-electron chi connectivity index (χ1n) is 24.6. The Morgan fingerprint density at radius 1 is 0.378 bits per heavy atom. The number of carbonyl (C=O) groups is 4. The van der Waals surface area contributed by atoms with Crippen LogP contribution in [0.5, 0.6) is 34.5 Å². The van der Waals surface area contributed by atoms with Gasteiger partial charge >= 0.3 is 17.9 Å². The number of unbranched alkanes of at least 4 members (excludes halogenated alkanes) is 5. The normalized spacial score (nSPS) is 10.4. The fourth-order valence-electron chi connectivity index (χ4n) is 7.12. The maximum absolute atomic E-state index is 12.0. The second kappa shape index (κ2) is 29.6. The Labute approximate surface area is 434 Å². The second-order valence-corrected chi connectivity index (χ2v) is 18.0. The topological polar surface area (TPSA) is 157 Å². The number of carbonyl (C=O) groups excluding carboxylic acids is 4. The first kappa shape index (κ1) is 56.2. The molecular formula is C64H64O10. The van der Waals surface area contributed by atoms with Gasteiger partial charge in [0.25, 0.3) is 0 Å². The van der Waals surface area contributed by atoms with Crippen LogP contribution in [0, 0.1) is 0 Å². The number of aromatic hydroxyl groups is 3. The van der Waals surface area contributed by atoms with Crippen molar-refractivity contribution in [1.29, 1.82) is 0 Å². The third-order valence-electron chi connectivity index (χ3n) is 11.3. The highest BCUT2D eigenvalue weighted by Crippen LogP contribution is 2.26. The van der Waals surface area contributed by atoms with Crippen molar-refractivity contribution in [2.24, 2.45) is 0 Å². The number of hydrogen-bond acceptors (Lipinski definition) is 10. The van der Waals surface area contributed by atoms with E-state index in [-0.39, 0.29) is 45.1 Å². The van der Waals surface area contributed by atoms with Gasteiger partial charge in [0.05, 0.1) is 0 Å². The Morgan fingerprint density at radius 2 is 0.703 bits per heavy atom. The van der Waals surface area contributed by atoms with Crippen LogP contribution in [0.15, 0.2) is 212 Å². The van der Waals surface area contributed by atoms with Gasteiger partial charge in [-0.3, -0.25) is 4.79 Å². The Bertz CT molecular complexity index is 2920. The van der Waals surface area contributed by atoms with Gasteiger partial charge in [0.2, 0.25) is 0 Å². The summed E-state index contributed by atoms with van der Waals surface area (Å²) in [4.78, 5) is 47.5. The molecule has 0 aliphatic carbocycles. The van der Waals surface area contributed by atoms with Crippen molar-refractivity contribution >= 4 is 23.7 Å². The number of phenolic OH excluding ortho intramolecular Hbond substituents is 3. The summed E-state index contributed by atoms with van der Waals surface area (Å²) in [6.07, 6.45) is 8.77. The summed E-state index contributed by atoms with van der Waals surface area (Å²) in [7, 11) is 0. The van der Waals surface area contributed by atoms with E-state index >= 15 is 0 Å². The largest absolute Gasteiger partial charge is 0.507 e. The number of esters is 3. The predicted molar refractivity (Wildman–Crippen MR) is 291 cm³/mol. The highest BCUT2D eigenvalue weighted by molar-refractivity contribution is 6.08. The van der Waals surface area contributed by atoms with Gasteiger partial charge in [-0.1, -0.05) is 199 Å². The maximum atomic E-state index is 12.0. The molecule has 0 aromatic heterocycles. The summed E-state index contributed by atoms with van der Waals surface area (Å²) < 4.78 is 15.6. The van der Waals surface area contributed by atoms with Crippen LogP contribution in [0.25, 0.3) is 0 Å². The smallest absolute Gasteiger partial charge is 0.347 e. The molecule has 0 aliphatic heterocycles. The van der Waals surface area contributed by atoms with Crippen LogP contribution in [0.2, 0.25) is 0 Å². The number of phenols is 3. The van der Waals surface area contributed by atoms with Crippen LogP contribution in [0.4, 0.5) is 0 Å². The number of ketones is 1. The molecule has 8 aromatic carbocycles. The van der Waals surface area contributed by atoms with E-state index in [0.717, 1.165) is 17.5 Å². The third kappa shape index (κ3) is 18.8. The Hall–Kier alpha value is -8.76. The first-order chi connectivity index (χ1) is 35.7. The first-order valence-corrected chi connectivity index (χ1v) is 24.6. The molecule has 0 amide bonds. The van der Waals surface area contributed by atoms with Crippen molar-refractivity contribution < 1.29 is 48.7 Å². The van der Waals surface area contributed by atoms with Crippen molar-refractivity contribution in [2.75, 3.05) is 0 Å². The van der Waals surface area contributed by atoms with Gasteiger partial charge in [0.15, 0.2) is 5.78 Å². The molecule has 10 nitrogen and oxygen atoms in total. The molecule has 380 valence electrons. The van der Waals surface area contributed by atoms with Crippen LogP contribution < -0.4 is 14.2 Å². The van der Waals surface area contributed by atoms with E-state index in [1.165, 1.54) is 80.0 Å². The van der Waals surface area contributed by atoms with Crippen molar-refractivity contribution in [3.63, 3.8) is 0 Å². The number of aryl methyl sites for hydroxylation is 1. The highest BCUT2D eigenvalue weighted by Gasteiger charge is 2.17. The summed E-state index contributed by atoms with van der Waals surface area (Å²) in [6.45, 7) is 8.59. The molecule has 0 aliphatic rings. The van der Waals surface area contributed by atoms with Gasteiger partial charge in [-0.25, -0.2) is 14.4 Å². The Kier molecular flexibility index (Phi) is 22.4. The van der Waals surface area contributed by atoms with Crippen molar-refractivity contribution in [2.45, 2.75) is 78.1 Å².